The lowest BCUT2D eigenvalue weighted by Gasteiger charge is -2.13. The Balaban J connectivity index is 2.56. The number of nitrogens with one attached hydrogen (secondary N) is 1. The number of nitro groups is 1. The van der Waals surface area contributed by atoms with E-state index in [0.717, 1.165) is 12.0 Å². The van der Waals surface area contributed by atoms with Gasteiger partial charge in [0.1, 0.15) is 0 Å². The van der Waals surface area contributed by atoms with E-state index in [4.69, 9.17) is 4.74 Å². The standard InChI is InChI=1S/C15H24N2O3/c1-4-5-6-7-12(2)16-11-13-8-9-15(20-3)14(10-13)17(18)19/h8-10,12,16H,4-7,11H2,1-3H3. The van der Waals surface area contributed by atoms with Crippen LogP contribution in [0.3, 0.4) is 0 Å². The maximum absolute atomic E-state index is 11.0. The molecule has 1 atom stereocenters. The van der Waals surface area contributed by atoms with Crippen molar-refractivity contribution >= 4 is 5.69 Å². The first-order valence-electron chi connectivity index (χ1n) is 7.13. The topological polar surface area (TPSA) is 64.4 Å². The fourth-order valence-electron chi connectivity index (χ4n) is 2.08. The second kappa shape index (κ2) is 8.53. The van der Waals surface area contributed by atoms with Crippen molar-refractivity contribution in [3.05, 3.63) is 33.9 Å². The maximum Gasteiger partial charge on any atom is 0.311 e. The van der Waals surface area contributed by atoms with E-state index in [-0.39, 0.29) is 5.69 Å². The van der Waals surface area contributed by atoms with Gasteiger partial charge in [0.05, 0.1) is 12.0 Å². The van der Waals surface area contributed by atoms with E-state index < -0.39 is 4.92 Å². The number of hydrogen-bond acceptors (Lipinski definition) is 4. The highest BCUT2D eigenvalue weighted by Crippen LogP contribution is 2.27. The summed E-state index contributed by atoms with van der Waals surface area (Å²) in [6, 6.07) is 5.50. The lowest BCUT2D eigenvalue weighted by Crippen LogP contribution is -2.25. The number of ether oxygens (including phenoxy) is 1. The highest BCUT2D eigenvalue weighted by Gasteiger charge is 2.15. The quantitative estimate of drug-likeness (QED) is 0.426. The van der Waals surface area contributed by atoms with E-state index in [2.05, 4.69) is 19.2 Å². The molecule has 5 nitrogen and oxygen atoms in total. The van der Waals surface area contributed by atoms with Crippen LogP contribution >= 0.6 is 0 Å². The van der Waals surface area contributed by atoms with Crippen LogP contribution in [-0.4, -0.2) is 18.1 Å². The lowest BCUT2D eigenvalue weighted by atomic mass is 10.1. The van der Waals surface area contributed by atoms with E-state index in [1.807, 2.05) is 6.07 Å². The fourth-order valence-corrected chi connectivity index (χ4v) is 2.08. The van der Waals surface area contributed by atoms with Gasteiger partial charge in [-0.2, -0.15) is 0 Å². The van der Waals surface area contributed by atoms with Crippen LogP contribution in [-0.2, 0) is 6.54 Å². The van der Waals surface area contributed by atoms with E-state index in [1.165, 1.54) is 26.4 Å². The third-order valence-corrected chi connectivity index (χ3v) is 3.34. The summed E-state index contributed by atoms with van der Waals surface area (Å²) in [5.41, 5.74) is 0.922. The van der Waals surface area contributed by atoms with Crippen LogP contribution in [0.2, 0.25) is 0 Å². The molecule has 0 aliphatic rings. The summed E-state index contributed by atoms with van der Waals surface area (Å²) in [6.45, 7) is 4.97. The second-order valence-corrected chi connectivity index (χ2v) is 5.04. The Morgan fingerprint density at radius 2 is 2.15 bits per heavy atom. The summed E-state index contributed by atoms with van der Waals surface area (Å²) >= 11 is 0. The van der Waals surface area contributed by atoms with Crippen LogP contribution < -0.4 is 10.1 Å². The number of unbranched alkanes of at least 4 members (excludes halogenated alkanes) is 2. The Kier molecular flexibility index (Phi) is 7.01. The summed E-state index contributed by atoms with van der Waals surface area (Å²) < 4.78 is 4.99. The normalized spacial score (nSPS) is 12.2. The molecule has 112 valence electrons. The first-order chi connectivity index (χ1) is 9.58. The van der Waals surface area contributed by atoms with Gasteiger partial charge < -0.3 is 10.1 Å². The van der Waals surface area contributed by atoms with Gasteiger partial charge in [-0.1, -0.05) is 32.3 Å². The zero-order chi connectivity index (χ0) is 15.0. The maximum atomic E-state index is 11.0. The monoisotopic (exact) mass is 280 g/mol. The number of benzene rings is 1. The van der Waals surface area contributed by atoms with E-state index in [1.54, 1.807) is 12.1 Å². The first kappa shape index (κ1) is 16.4. The summed E-state index contributed by atoms with van der Waals surface area (Å²) in [7, 11) is 1.44. The highest BCUT2D eigenvalue weighted by atomic mass is 16.6. The molecule has 20 heavy (non-hydrogen) atoms. The minimum atomic E-state index is -0.410. The minimum Gasteiger partial charge on any atom is -0.490 e. The average Bonchev–Trinajstić information content (AvgIpc) is 2.45. The number of methoxy groups -OCH3 is 1. The van der Waals surface area contributed by atoms with Crippen LogP contribution in [0.5, 0.6) is 5.75 Å². The SMILES string of the molecule is CCCCCC(C)NCc1ccc(OC)c([N+](=O)[O-])c1. The first-order valence-corrected chi connectivity index (χ1v) is 7.13. The Morgan fingerprint density at radius 3 is 2.75 bits per heavy atom. The smallest absolute Gasteiger partial charge is 0.311 e. The molecule has 0 saturated heterocycles. The van der Waals surface area contributed by atoms with Crippen molar-refractivity contribution in [2.45, 2.75) is 52.1 Å². The molecule has 0 aromatic heterocycles. The molecule has 1 N–H and O–H groups in total. The van der Waals surface area contributed by atoms with E-state index in [0.29, 0.717) is 18.3 Å². The third kappa shape index (κ3) is 5.17. The molecular formula is C15H24N2O3. The van der Waals surface area contributed by atoms with Gasteiger partial charge in [0, 0.05) is 18.7 Å². The van der Waals surface area contributed by atoms with Crippen molar-refractivity contribution < 1.29 is 9.66 Å². The number of hydrogen-bond donors (Lipinski definition) is 1. The van der Waals surface area contributed by atoms with Gasteiger partial charge in [-0.25, -0.2) is 0 Å². The van der Waals surface area contributed by atoms with Crippen molar-refractivity contribution in [3.8, 4) is 5.75 Å². The Morgan fingerprint density at radius 1 is 1.40 bits per heavy atom. The van der Waals surface area contributed by atoms with E-state index >= 15 is 0 Å². The van der Waals surface area contributed by atoms with Crippen molar-refractivity contribution in [2.24, 2.45) is 0 Å². The van der Waals surface area contributed by atoms with Crippen molar-refractivity contribution in [2.75, 3.05) is 7.11 Å². The van der Waals surface area contributed by atoms with Crippen LogP contribution in [0.1, 0.15) is 45.1 Å². The van der Waals surface area contributed by atoms with Crippen molar-refractivity contribution in [1.82, 2.24) is 5.32 Å². The van der Waals surface area contributed by atoms with Crippen molar-refractivity contribution in [3.63, 3.8) is 0 Å². The molecule has 0 bridgehead atoms. The van der Waals surface area contributed by atoms with Gasteiger partial charge >= 0.3 is 5.69 Å². The summed E-state index contributed by atoms with van der Waals surface area (Å²) in [4.78, 5) is 10.5. The molecule has 0 saturated carbocycles. The van der Waals surface area contributed by atoms with Gasteiger partial charge in [0.25, 0.3) is 0 Å². The minimum absolute atomic E-state index is 0.0189. The van der Waals surface area contributed by atoms with Crippen LogP contribution in [0.15, 0.2) is 18.2 Å². The molecule has 0 radical (unpaired) electrons. The zero-order valence-corrected chi connectivity index (χ0v) is 12.5. The van der Waals surface area contributed by atoms with E-state index in [9.17, 15) is 10.1 Å². The zero-order valence-electron chi connectivity index (χ0n) is 12.5. The predicted molar refractivity (Wildman–Crippen MR) is 80.1 cm³/mol. The number of nitro benzene ring substituents is 1. The lowest BCUT2D eigenvalue weighted by molar-refractivity contribution is -0.385. The molecule has 0 aliphatic carbocycles. The molecule has 1 aromatic carbocycles. The summed E-state index contributed by atoms with van der Waals surface area (Å²) in [5, 5.41) is 14.3. The Labute approximate surface area is 120 Å². The fraction of sp³-hybridized carbons (Fsp3) is 0.600. The molecule has 5 heteroatoms. The molecule has 0 aliphatic heterocycles. The third-order valence-electron chi connectivity index (χ3n) is 3.34. The Hall–Kier alpha value is -1.62. The molecular weight excluding hydrogens is 256 g/mol. The average molecular weight is 280 g/mol. The Bertz CT molecular complexity index is 435. The molecule has 1 rings (SSSR count). The molecule has 1 unspecified atom stereocenters. The molecule has 0 heterocycles. The molecule has 0 amide bonds. The number of rotatable bonds is 9. The largest absolute Gasteiger partial charge is 0.490 e. The van der Waals surface area contributed by atoms with Gasteiger partial charge in [-0.3, -0.25) is 10.1 Å². The molecule has 0 fully saturated rings. The number of nitrogens with zero attached hydrogens (tertiary/aromatic N) is 1. The summed E-state index contributed by atoms with van der Waals surface area (Å²) in [5.74, 6) is 0.301. The molecule has 0 spiro atoms. The van der Waals surface area contributed by atoms with Gasteiger partial charge in [-0.15, -0.1) is 0 Å². The van der Waals surface area contributed by atoms with Crippen molar-refractivity contribution in [1.29, 1.82) is 0 Å². The van der Waals surface area contributed by atoms with Crippen LogP contribution in [0, 0.1) is 10.1 Å². The van der Waals surface area contributed by atoms with Crippen LogP contribution in [0.4, 0.5) is 5.69 Å². The second-order valence-electron chi connectivity index (χ2n) is 5.04. The summed E-state index contributed by atoms with van der Waals surface area (Å²) in [6.07, 6.45) is 4.82. The van der Waals surface area contributed by atoms with Gasteiger partial charge in [0.2, 0.25) is 0 Å². The predicted octanol–water partition coefficient (Wildman–Crippen LogP) is 3.66. The van der Waals surface area contributed by atoms with Gasteiger partial charge in [0.15, 0.2) is 5.75 Å². The van der Waals surface area contributed by atoms with Crippen LogP contribution in [0.25, 0.3) is 0 Å². The highest BCUT2D eigenvalue weighted by molar-refractivity contribution is 5.48. The molecule has 1 aromatic rings. The van der Waals surface area contributed by atoms with Gasteiger partial charge in [-0.05, 0) is 25.0 Å².